The van der Waals surface area contributed by atoms with Crippen LogP contribution in [0, 0.1) is 6.92 Å². The maximum absolute atomic E-state index is 13.0. The van der Waals surface area contributed by atoms with Gasteiger partial charge in [0.2, 0.25) is 5.91 Å². The van der Waals surface area contributed by atoms with Crippen LogP contribution in [0.3, 0.4) is 0 Å². The summed E-state index contributed by atoms with van der Waals surface area (Å²) in [7, 11) is 1.60. The first-order chi connectivity index (χ1) is 15.5. The number of carbonyl (C=O) groups is 1. The van der Waals surface area contributed by atoms with Gasteiger partial charge in [0.1, 0.15) is 29.4 Å². The summed E-state index contributed by atoms with van der Waals surface area (Å²) in [5.41, 5.74) is 2.13. The Morgan fingerprint density at radius 3 is 2.53 bits per heavy atom. The van der Waals surface area contributed by atoms with Crippen LogP contribution in [0.25, 0.3) is 16.4 Å². The van der Waals surface area contributed by atoms with Gasteiger partial charge >= 0.3 is 0 Å². The molecule has 0 aliphatic rings. The van der Waals surface area contributed by atoms with Gasteiger partial charge in [-0.15, -0.1) is 0 Å². The van der Waals surface area contributed by atoms with Crippen molar-refractivity contribution in [3.8, 4) is 11.5 Å². The highest BCUT2D eigenvalue weighted by Crippen LogP contribution is 2.24. The Kier molecular flexibility index (Phi) is 6.11. The lowest BCUT2D eigenvalue weighted by Crippen LogP contribution is -2.35. The Morgan fingerprint density at radius 1 is 1.06 bits per heavy atom. The van der Waals surface area contributed by atoms with Crippen LogP contribution in [-0.4, -0.2) is 40.3 Å². The van der Waals surface area contributed by atoms with Crippen molar-refractivity contribution in [2.75, 3.05) is 20.3 Å². The summed E-state index contributed by atoms with van der Waals surface area (Å²) >= 11 is 0. The minimum atomic E-state index is -0.313. The van der Waals surface area contributed by atoms with Crippen molar-refractivity contribution in [1.82, 2.24) is 19.5 Å². The molecular formula is C24H26N4O4. The molecule has 0 aliphatic heterocycles. The minimum absolute atomic E-state index is 0.135. The molecule has 0 saturated heterocycles. The van der Waals surface area contributed by atoms with Crippen molar-refractivity contribution >= 4 is 22.3 Å². The Balaban J connectivity index is 1.46. The van der Waals surface area contributed by atoms with E-state index in [1.54, 1.807) is 17.6 Å². The topological polar surface area (TPSA) is 86.9 Å². The van der Waals surface area contributed by atoms with Crippen LogP contribution in [0.2, 0.25) is 0 Å². The van der Waals surface area contributed by atoms with E-state index in [4.69, 9.17) is 9.47 Å². The molecule has 2 heterocycles. The predicted octanol–water partition coefficient (Wildman–Crippen LogP) is 2.72. The maximum Gasteiger partial charge on any atom is 0.291 e. The molecule has 0 unspecified atom stereocenters. The smallest absolute Gasteiger partial charge is 0.291 e. The van der Waals surface area contributed by atoms with Gasteiger partial charge in [0.25, 0.3) is 5.56 Å². The van der Waals surface area contributed by atoms with Gasteiger partial charge in [0.15, 0.2) is 0 Å². The van der Waals surface area contributed by atoms with Crippen molar-refractivity contribution in [3.05, 3.63) is 70.3 Å². The number of hydrogen-bond acceptors (Lipinski definition) is 5. The molecule has 2 aromatic carbocycles. The minimum Gasteiger partial charge on any atom is -0.497 e. The molecule has 4 aromatic rings. The zero-order valence-corrected chi connectivity index (χ0v) is 18.4. The van der Waals surface area contributed by atoms with E-state index >= 15 is 0 Å². The normalized spacial score (nSPS) is 11.1. The molecule has 0 aliphatic carbocycles. The molecule has 4 rings (SSSR count). The second kappa shape index (κ2) is 9.13. The molecule has 8 nitrogen and oxygen atoms in total. The second-order valence-electron chi connectivity index (χ2n) is 7.48. The van der Waals surface area contributed by atoms with Gasteiger partial charge in [0, 0.05) is 11.9 Å². The second-order valence-corrected chi connectivity index (χ2v) is 7.48. The molecule has 8 heteroatoms. The first-order valence-corrected chi connectivity index (χ1v) is 10.6. The number of hydrogen-bond donors (Lipinski definition) is 1. The van der Waals surface area contributed by atoms with Crippen LogP contribution in [0.15, 0.2) is 53.3 Å². The quantitative estimate of drug-likeness (QED) is 0.461. The summed E-state index contributed by atoms with van der Waals surface area (Å²) < 4.78 is 13.7. The third-order valence-corrected chi connectivity index (χ3v) is 5.31. The van der Waals surface area contributed by atoms with Crippen molar-refractivity contribution in [2.24, 2.45) is 0 Å². The van der Waals surface area contributed by atoms with E-state index in [2.05, 4.69) is 10.4 Å². The largest absolute Gasteiger partial charge is 0.497 e. The van der Waals surface area contributed by atoms with Crippen LogP contribution in [0.4, 0.5) is 0 Å². The molecule has 0 fully saturated rings. The molecule has 0 bridgehead atoms. The number of nitrogens with one attached hydrogen (secondary N) is 1. The van der Waals surface area contributed by atoms with Crippen LogP contribution in [0.1, 0.15) is 18.3 Å². The van der Waals surface area contributed by atoms with Gasteiger partial charge in [0.05, 0.1) is 19.2 Å². The number of methoxy groups -OCH3 is 1. The van der Waals surface area contributed by atoms with Gasteiger partial charge in [-0.1, -0.05) is 12.1 Å². The van der Waals surface area contributed by atoms with E-state index in [0.717, 1.165) is 22.2 Å². The lowest BCUT2D eigenvalue weighted by atomic mass is 10.1. The van der Waals surface area contributed by atoms with Crippen LogP contribution in [0.5, 0.6) is 11.5 Å². The number of carbonyl (C=O) groups excluding carboxylic acids is 1. The van der Waals surface area contributed by atoms with Crippen LogP contribution < -0.4 is 20.3 Å². The Bertz CT molecular complexity index is 1320. The Labute approximate surface area is 185 Å². The van der Waals surface area contributed by atoms with Crippen molar-refractivity contribution < 1.29 is 14.3 Å². The summed E-state index contributed by atoms with van der Waals surface area (Å²) in [5, 5.41) is 8.10. The highest BCUT2D eigenvalue weighted by atomic mass is 16.5. The first kappa shape index (κ1) is 21.4. The summed E-state index contributed by atoms with van der Waals surface area (Å²) in [6.07, 6.45) is 0.685. The monoisotopic (exact) mass is 434 g/mol. The molecule has 1 N–H and O–H groups in total. The third-order valence-electron chi connectivity index (χ3n) is 5.31. The van der Waals surface area contributed by atoms with Crippen molar-refractivity contribution in [3.63, 3.8) is 0 Å². The zero-order chi connectivity index (χ0) is 22.7. The molecule has 0 atom stereocenters. The van der Waals surface area contributed by atoms with E-state index in [1.165, 1.54) is 4.68 Å². The number of ether oxygens (including phenoxy) is 2. The van der Waals surface area contributed by atoms with E-state index in [9.17, 15) is 9.59 Å². The van der Waals surface area contributed by atoms with Crippen molar-refractivity contribution in [2.45, 2.75) is 26.8 Å². The number of nitrogens with zero attached hydrogens (tertiary/aromatic N) is 3. The summed E-state index contributed by atoms with van der Waals surface area (Å²) in [5.74, 6) is 1.91. The average molecular weight is 434 g/mol. The van der Waals surface area contributed by atoms with Crippen LogP contribution >= 0.6 is 0 Å². The Morgan fingerprint density at radius 2 is 1.81 bits per heavy atom. The number of fused-ring (bicyclic) bond motifs is 3. The molecule has 0 radical (unpaired) electrons. The molecular weight excluding hydrogens is 408 g/mol. The van der Waals surface area contributed by atoms with Crippen LogP contribution in [-0.2, 0) is 17.8 Å². The fourth-order valence-electron chi connectivity index (χ4n) is 3.79. The van der Waals surface area contributed by atoms with Gasteiger partial charge in [-0.2, -0.15) is 5.10 Å². The number of aromatic nitrogens is 3. The van der Waals surface area contributed by atoms with E-state index in [0.29, 0.717) is 36.7 Å². The van der Waals surface area contributed by atoms with E-state index in [1.807, 2.05) is 56.3 Å². The van der Waals surface area contributed by atoms with Gasteiger partial charge < -0.3 is 14.8 Å². The highest BCUT2D eigenvalue weighted by molar-refractivity contribution is 5.88. The van der Waals surface area contributed by atoms with Gasteiger partial charge in [-0.05, 0) is 62.2 Å². The number of aryl methyl sites for hydroxylation is 1. The third kappa shape index (κ3) is 4.30. The summed E-state index contributed by atoms with van der Waals surface area (Å²) in [6, 6.07) is 15.2. The maximum atomic E-state index is 13.0. The average Bonchev–Trinajstić information content (AvgIpc) is 3.18. The molecule has 2 aromatic heterocycles. The fourth-order valence-corrected chi connectivity index (χ4v) is 3.79. The van der Waals surface area contributed by atoms with Gasteiger partial charge in [-0.25, -0.2) is 4.68 Å². The lowest BCUT2D eigenvalue weighted by Gasteiger charge is -2.10. The first-order valence-electron chi connectivity index (χ1n) is 10.6. The molecule has 32 heavy (non-hydrogen) atoms. The number of amides is 1. The number of benzene rings is 2. The molecule has 0 saturated carbocycles. The fraction of sp³-hybridized carbons (Fsp3) is 0.292. The standard InChI is InChI=1S/C24H26N4O4/c1-4-32-19-7-5-17(6-8-19)11-12-25-23(29)15-27-24(30)22-14-18-13-20(31-3)9-10-21(18)28(22)16(2)26-27/h5-10,13-14H,4,11-12,15H2,1-3H3,(H,25,29). The Hall–Kier alpha value is -3.81. The lowest BCUT2D eigenvalue weighted by molar-refractivity contribution is -0.121. The summed E-state index contributed by atoms with van der Waals surface area (Å²) in [6.45, 7) is 4.72. The van der Waals surface area contributed by atoms with E-state index in [-0.39, 0.29) is 18.0 Å². The predicted molar refractivity (Wildman–Crippen MR) is 123 cm³/mol. The molecule has 1 amide bonds. The summed E-state index contributed by atoms with van der Waals surface area (Å²) in [4.78, 5) is 25.4. The number of rotatable bonds is 8. The van der Waals surface area contributed by atoms with Gasteiger partial charge in [-0.3, -0.25) is 14.0 Å². The SMILES string of the molecule is CCOc1ccc(CCNC(=O)Cn2nc(C)n3c(cc4cc(OC)ccc43)c2=O)cc1. The van der Waals surface area contributed by atoms with E-state index < -0.39 is 0 Å². The highest BCUT2D eigenvalue weighted by Gasteiger charge is 2.14. The molecule has 0 spiro atoms. The molecule has 166 valence electrons. The van der Waals surface area contributed by atoms with Crippen molar-refractivity contribution in [1.29, 1.82) is 0 Å². The zero-order valence-electron chi connectivity index (χ0n) is 18.4.